The van der Waals surface area contributed by atoms with Gasteiger partial charge >= 0.3 is 0 Å². The first-order chi connectivity index (χ1) is 8.11. The molecule has 1 aromatic rings. The highest BCUT2D eigenvalue weighted by atomic mass is 16.1. The van der Waals surface area contributed by atoms with Gasteiger partial charge in [0, 0.05) is 37.4 Å². The van der Waals surface area contributed by atoms with Crippen LogP contribution in [0.1, 0.15) is 38.2 Å². The van der Waals surface area contributed by atoms with Crippen molar-refractivity contribution in [1.29, 1.82) is 0 Å². The highest BCUT2D eigenvalue weighted by Gasteiger charge is 2.04. The maximum atomic E-state index is 11.5. The van der Waals surface area contributed by atoms with E-state index in [4.69, 9.17) is 0 Å². The molecule has 0 bridgehead atoms. The summed E-state index contributed by atoms with van der Waals surface area (Å²) in [5.41, 5.74) is 1.05. The van der Waals surface area contributed by atoms with Crippen molar-refractivity contribution in [2.75, 3.05) is 6.54 Å². The van der Waals surface area contributed by atoms with E-state index >= 15 is 0 Å². The molecule has 0 aliphatic carbocycles. The third-order valence-corrected chi connectivity index (χ3v) is 2.62. The molecule has 1 heterocycles. The average Bonchev–Trinajstić information content (AvgIpc) is 2.70. The van der Waals surface area contributed by atoms with Crippen LogP contribution in [0.25, 0.3) is 0 Å². The number of hydrogen-bond donors (Lipinski definition) is 3. The maximum absolute atomic E-state index is 11.5. The van der Waals surface area contributed by atoms with Crippen LogP contribution in [0.15, 0.2) is 6.20 Å². The second kappa shape index (κ2) is 7.06. The predicted molar refractivity (Wildman–Crippen MR) is 67.5 cm³/mol. The summed E-state index contributed by atoms with van der Waals surface area (Å²) < 4.78 is 0. The van der Waals surface area contributed by atoms with Gasteiger partial charge in [-0.3, -0.25) is 4.79 Å². The first-order valence-electron chi connectivity index (χ1n) is 6.12. The van der Waals surface area contributed by atoms with Gasteiger partial charge in [0.25, 0.3) is 0 Å². The topological polar surface area (TPSA) is 69.8 Å². The van der Waals surface area contributed by atoms with E-state index in [2.05, 4.69) is 27.5 Å². The van der Waals surface area contributed by atoms with Crippen LogP contribution in [0.2, 0.25) is 0 Å². The normalized spacial score (nSPS) is 12.4. The molecule has 0 saturated carbocycles. The predicted octanol–water partition coefficient (Wildman–Crippen LogP) is 1.11. The number of aryl methyl sites for hydroxylation is 1. The van der Waals surface area contributed by atoms with E-state index in [9.17, 15) is 4.79 Å². The molecule has 1 rings (SSSR count). The van der Waals surface area contributed by atoms with E-state index in [1.807, 2.05) is 20.0 Å². The Morgan fingerprint density at radius 3 is 2.94 bits per heavy atom. The summed E-state index contributed by atoms with van der Waals surface area (Å²) in [6.07, 6.45) is 3.28. The minimum absolute atomic E-state index is 0.104. The number of H-pyrrole nitrogens is 1. The fourth-order valence-corrected chi connectivity index (χ4v) is 1.44. The first-order valence-corrected chi connectivity index (χ1v) is 6.12. The Morgan fingerprint density at radius 2 is 2.35 bits per heavy atom. The molecule has 1 atom stereocenters. The van der Waals surface area contributed by atoms with Gasteiger partial charge in [0.15, 0.2) is 0 Å². The fraction of sp³-hybridized carbons (Fsp3) is 0.667. The zero-order chi connectivity index (χ0) is 12.7. The van der Waals surface area contributed by atoms with Gasteiger partial charge in [-0.2, -0.15) is 0 Å². The van der Waals surface area contributed by atoms with E-state index in [0.29, 0.717) is 13.0 Å². The van der Waals surface area contributed by atoms with Crippen LogP contribution in [-0.4, -0.2) is 28.5 Å². The molecular formula is C12H22N4O. The van der Waals surface area contributed by atoms with E-state index < -0.39 is 0 Å². The van der Waals surface area contributed by atoms with E-state index in [1.165, 1.54) is 0 Å². The zero-order valence-electron chi connectivity index (χ0n) is 10.8. The number of carbonyl (C=O) groups excluding carboxylic acids is 1. The van der Waals surface area contributed by atoms with Crippen LogP contribution in [0.3, 0.4) is 0 Å². The number of hydrogen-bond acceptors (Lipinski definition) is 3. The van der Waals surface area contributed by atoms with Crippen LogP contribution >= 0.6 is 0 Å². The van der Waals surface area contributed by atoms with Crippen molar-refractivity contribution in [2.24, 2.45) is 0 Å². The lowest BCUT2D eigenvalue weighted by Crippen LogP contribution is -2.33. The third kappa shape index (κ3) is 5.49. The molecule has 0 aliphatic heterocycles. The molecule has 1 amide bonds. The van der Waals surface area contributed by atoms with Crippen molar-refractivity contribution >= 4 is 5.91 Å². The molecule has 0 aromatic carbocycles. The van der Waals surface area contributed by atoms with Crippen molar-refractivity contribution in [2.45, 2.75) is 46.2 Å². The van der Waals surface area contributed by atoms with Gasteiger partial charge in [-0.25, -0.2) is 4.98 Å². The number of aromatic amines is 1. The quantitative estimate of drug-likeness (QED) is 0.623. The molecule has 1 unspecified atom stereocenters. The molecule has 0 saturated heterocycles. The molecule has 96 valence electrons. The lowest BCUT2D eigenvalue weighted by Gasteiger charge is -2.11. The second-order valence-corrected chi connectivity index (χ2v) is 4.30. The molecule has 5 nitrogen and oxygen atoms in total. The maximum Gasteiger partial charge on any atom is 0.221 e. The Balaban J connectivity index is 2.10. The summed E-state index contributed by atoms with van der Waals surface area (Å²) in [6, 6.07) is 0.262. The van der Waals surface area contributed by atoms with Crippen molar-refractivity contribution in [1.82, 2.24) is 20.6 Å². The number of imidazole rings is 1. The van der Waals surface area contributed by atoms with Crippen molar-refractivity contribution in [3.05, 3.63) is 17.7 Å². The van der Waals surface area contributed by atoms with Gasteiger partial charge in [-0.1, -0.05) is 6.92 Å². The summed E-state index contributed by atoms with van der Waals surface area (Å²) in [5.74, 6) is 1.02. The summed E-state index contributed by atoms with van der Waals surface area (Å²) >= 11 is 0. The van der Waals surface area contributed by atoms with Crippen molar-refractivity contribution in [3.63, 3.8) is 0 Å². The Labute approximate surface area is 102 Å². The van der Waals surface area contributed by atoms with E-state index in [-0.39, 0.29) is 11.9 Å². The molecule has 0 fully saturated rings. The smallest absolute Gasteiger partial charge is 0.221 e. The van der Waals surface area contributed by atoms with Gasteiger partial charge in [-0.15, -0.1) is 0 Å². The molecule has 0 spiro atoms. The second-order valence-electron chi connectivity index (χ2n) is 4.30. The van der Waals surface area contributed by atoms with Gasteiger partial charge in [0.05, 0.1) is 0 Å². The fourth-order valence-electron chi connectivity index (χ4n) is 1.44. The van der Waals surface area contributed by atoms with E-state index in [1.54, 1.807) is 0 Å². The highest BCUT2D eigenvalue weighted by molar-refractivity contribution is 5.76. The highest BCUT2D eigenvalue weighted by Crippen LogP contribution is 1.94. The number of amides is 1. The number of nitrogens with zero attached hydrogens (tertiary/aromatic N) is 1. The monoisotopic (exact) mass is 238 g/mol. The molecule has 1 aromatic heterocycles. The standard InChI is InChI=1S/C12H22N4O/c1-4-9(2)15-12(17)5-6-13-7-11-8-14-10(3)16-11/h8-9,13H,4-7H2,1-3H3,(H,14,16)(H,15,17). The van der Waals surface area contributed by atoms with Crippen molar-refractivity contribution in [3.8, 4) is 0 Å². The minimum atomic E-state index is 0.104. The minimum Gasteiger partial charge on any atom is -0.354 e. The van der Waals surface area contributed by atoms with Gasteiger partial charge in [-0.05, 0) is 20.3 Å². The van der Waals surface area contributed by atoms with Crippen LogP contribution in [0, 0.1) is 6.92 Å². The van der Waals surface area contributed by atoms with Crippen LogP contribution in [0.5, 0.6) is 0 Å². The number of rotatable bonds is 7. The first kappa shape index (κ1) is 13.7. The third-order valence-electron chi connectivity index (χ3n) is 2.62. The lowest BCUT2D eigenvalue weighted by molar-refractivity contribution is -0.121. The molecule has 17 heavy (non-hydrogen) atoms. The lowest BCUT2D eigenvalue weighted by atomic mass is 10.2. The number of carbonyl (C=O) groups is 1. The summed E-state index contributed by atoms with van der Waals surface area (Å²) in [7, 11) is 0. The van der Waals surface area contributed by atoms with Gasteiger partial charge in [0.2, 0.25) is 5.91 Å². The van der Waals surface area contributed by atoms with Crippen LogP contribution < -0.4 is 10.6 Å². The molecule has 5 heteroatoms. The van der Waals surface area contributed by atoms with E-state index in [0.717, 1.165) is 24.5 Å². The van der Waals surface area contributed by atoms with Crippen LogP contribution in [-0.2, 0) is 11.3 Å². The average molecular weight is 238 g/mol. The largest absolute Gasteiger partial charge is 0.354 e. The Morgan fingerprint density at radius 1 is 1.59 bits per heavy atom. The Hall–Kier alpha value is -1.36. The van der Waals surface area contributed by atoms with Crippen molar-refractivity contribution < 1.29 is 4.79 Å². The van der Waals surface area contributed by atoms with Crippen LogP contribution in [0.4, 0.5) is 0 Å². The molecule has 0 radical (unpaired) electrons. The number of aromatic nitrogens is 2. The molecule has 0 aliphatic rings. The summed E-state index contributed by atoms with van der Waals surface area (Å²) in [5, 5.41) is 6.14. The molecular weight excluding hydrogens is 216 g/mol. The Kier molecular flexibility index (Phi) is 5.69. The number of nitrogens with one attached hydrogen (secondary N) is 3. The summed E-state index contributed by atoms with van der Waals surface area (Å²) in [4.78, 5) is 18.7. The zero-order valence-corrected chi connectivity index (χ0v) is 10.8. The SMILES string of the molecule is CCC(C)NC(=O)CCNCc1cnc(C)[nH]1. The Bertz CT molecular complexity index is 348. The van der Waals surface area contributed by atoms with Gasteiger partial charge < -0.3 is 15.6 Å². The van der Waals surface area contributed by atoms with Gasteiger partial charge in [0.1, 0.15) is 5.82 Å². The molecule has 3 N–H and O–H groups in total. The summed E-state index contributed by atoms with van der Waals surface area (Å²) in [6.45, 7) is 7.39.